The summed E-state index contributed by atoms with van der Waals surface area (Å²) < 4.78 is 0. The summed E-state index contributed by atoms with van der Waals surface area (Å²) in [6, 6.07) is 0. The molecule has 0 amide bonds. The summed E-state index contributed by atoms with van der Waals surface area (Å²) in [5.74, 6) is 0. The van der Waals surface area contributed by atoms with Crippen LogP contribution in [0.3, 0.4) is 0 Å². The average Bonchev–Trinajstić information content (AvgIpc) is 1.80. The first-order valence-corrected chi connectivity index (χ1v) is 12.2. The molecule has 14 heavy (non-hydrogen) atoms. The first kappa shape index (κ1) is 14.2. The van der Waals surface area contributed by atoms with Crippen molar-refractivity contribution < 1.29 is 0 Å². The van der Waals surface area contributed by atoms with Crippen LogP contribution in [0.25, 0.3) is 0 Å². The zero-order valence-electron chi connectivity index (χ0n) is 11.4. The van der Waals surface area contributed by atoms with Gasteiger partial charge in [0.25, 0.3) is 0 Å². The lowest BCUT2D eigenvalue weighted by molar-refractivity contribution is 0.713. The maximum absolute atomic E-state index is 4.08. The van der Waals surface area contributed by atoms with E-state index < -0.39 is 16.1 Å². The second-order valence-corrected chi connectivity index (χ2v) is 18.5. The lowest BCUT2D eigenvalue weighted by Crippen LogP contribution is -2.50. The van der Waals surface area contributed by atoms with E-state index in [0.29, 0.717) is 5.04 Å². The van der Waals surface area contributed by atoms with E-state index >= 15 is 0 Å². The maximum atomic E-state index is 4.08. The van der Waals surface area contributed by atoms with E-state index in [1.165, 1.54) is 0 Å². The molecule has 0 aromatic carbocycles. The summed E-state index contributed by atoms with van der Waals surface area (Å²) in [5.41, 5.74) is 0. The van der Waals surface area contributed by atoms with Crippen LogP contribution in [0.5, 0.6) is 0 Å². The standard InChI is InChI=1S/C12H28Si2/c1-10-11(13(5,6)7)14(8,9)12(2,3)4/h10-11H,1H2,2-9H3. The minimum atomic E-state index is -1.23. The number of hydrogen-bond donors (Lipinski definition) is 0. The van der Waals surface area contributed by atoms with E-state index in [4.69, 9.17) is 0 Å². The van der Waals surface area contributed by atoms with Crippen molar-refractivity contribution in [3.05, 3.63) is 12.7 Å². The monoisotopic (exact) mass is 228 g/mol. The van der Waals surface area contributed by atoms with Gasteiger partial charge in [0.2, 0.25) is 0 Å². The topological polar surface area (TPSA) is 0 Å². The van der Waals surface area contributed by atoms with E-state index in [-0.39, 0.29) is 0 Å². The van der Waals surface area contributed by atoms with Crippen LogP contribution < -0.4 is 0 Å². The Morgan fingerprint density at radius 1 is 1.00 bits per heavy atom. The SMILES string of the molecule is C=CC([Si](C)(C)C)[Si](C)(C)C(C)(C)C. The fourth-order valence-electron chi connectivity index (χ4n) is 2.20. The molecule has 1 unspecified atom stereocenters. The molecule has 0 aromatic rings. The Morgan fingerprint density at radius 2 is 1.36 bits per heavy atom. The summed E-state index contributed by atoms with van der Waals surface area (Å²) >= 11 is 0. The van der Waals surface area contributed by atoms with Gasteiger partial charge < -0.3 is 0 Å². The van der Waals surface area contributed by atoms with E-state index in [0.717, 1.165) is 5.16 Å². The molecule has 0 aliphatic rings. The molecular formula is C12H28Si2. The quantitative estimate of drug-likeness (QED) is 0.475. The first-order chi connectivity index (χ1) is 5.94. The minimum Gasteiger partial charge on any atom is -0.103 e. The van der Waals surface area contributed by atoms with E-state index in [1.807, 2.05) is 0 Å². The molecule has 0 spiro atoms. The highest BCUT2D eigenvalue weighted by Crippen LogP contribution is 2.47. The fraction of sp³-hybridized carbons (Fsp3) is 0.833. The third kappa shape index (κ3) is 2.83. The molecule has 0 N–H and O–H groups in total. The van der Waals surface area contributed by atoms with E-state index in [9.17, 15) is 0 Å². The van der Waals surface area contributed by atoms with Crippen molar-refractivity contribution in [3.63, 3.8) is 0 Å². The molecule has 0 saturated heterocycles. The Morgan fingerprint density at radius 3 is 1.43 bits per heavy atom. The van der Waals surface area contributed by atoms with Gasteiger partial charge >= 0.3 is 0 Å². The molecule has 2 heteroatoms. The predicted octanol–water partition coefficient (Wildman–Crippen LogP) is 4.93. The van der Waals surface area contributed by atoms with E-state index in [2.05, 4.69) is 66.2 Å². The van der Waals surface area contributed by atoms with Gasteiger partial charge in [-0.1, -0.05) is 59.6 Å². The van der Waals surface area contributed by atoms with Crippen LogP contribution in [0.15, 0.2) is 12.7 Å². The van der Waals surface area contributed by atoms with Crippen LogP contribution in [-0.4, -0.2) is 16.1 Å². The Kier molecular flexibility index (Phi) is 4.02. The summed E-state index contributed by atoms with van der Waals surface area (Å²) in [4.78, 5) is 0. The molecule has 0 fully saturated rings. The molecule has 0 saturated carbocycles. The van der Waals surface area contributed by atoms with Crippen LogP contribution in [-0.2, 0) is 0 Å². The second kappa shape index (κ2) is 3.97. The largest absolute Gasteiger partial charge is 0.103 e. The van der Waals surface area contributed by atoms with Crippen molar-refractivity contribution in [1.82, 2.24) is 0 Å². The van der Waals surface area contributed by atoms with Crippen molar-refractivity contribution in [2.45, 2.75) is 63.7 Å². The molecule has 0 heterocycles. The molecule has 0 rings (SSSR count). The molecule has 1 atom stereocenters. The Labute approximate surface area is 92.8 Å². The fourth-order valence-corrected chi connectivity index (χ4v) is 14.4. The average molecular weight is 229 g/mol. The highest BCUT2D eigenvalue weighted by molar-refractivity contribution is 6.98. The summed E-state index contributed by atoms with van der Waals surface area (Å²) in [7, 11) is -2.31. The predicted molar refractivity (Wildman–Crippen MR) is 74.5 cm³/mol. The highest BCUT2D eigenvalue weighted by atomic mass is 28.4. The molecule has 0 bridgehead atoms. The van der Waals surface area contributed by atoms with Gasteiger partial charge in [-0.25, -0.2) is 0 Å². The first-order valence-electron chi connectivity index (χ1n) is 5.57. The highest BCUT2D eigenvalue weighted by Gasteiger charge is 2.45. The molecule has 0 aliphatic heterocycles. The maximum Gasteiger partial charge on any atom is 0.0569 e. The number of rotatable bonds is 3. The van der Waals surface area contributed by atoms with Crippen molar-refractivity contribution in [2.75, 3.05) is 0 Å². The van der Waals surface area contributed by atoms with E-state index in [1.54, 1.807) is 0 Å². The van der Waals surface area contributed by atoms with Crippen molar-refractivity contribution in [1.29, 1.82) is 0 Å². The Hall–Kier alpha value is 0.174. The van der Waals surface area contributed by atoms with Crippen LogP contribution in [0.2, 0.25) is 42.9 Å². The van der Waals surface area contributed by atoms with Gasteiger partial charge in [-0.05, 0) is 10.2 Å². The Bertz CT molecular complexity index is 203. The van der Waals surface area contributed by atoms with Gasteiger partial charge in [0.15, 0.2) is 0 Å². The minimum absolute atomic E-state index is 0.478. The van der Waals surface area contributed by atoms with Gasteiger partial charge in [0.1, 0.15) is 0 Å². The summed E-state index contributed by atoms with van der Waals surface area (Å²) in [6.07, 6.45) is 2.25. The Balaban J connectivity index is 5.15. The van der Waals surface area contributed by atoms with Gasteiger partial charge in [0.05, 0.1) is 8.07 Å². The van der Waals surface area contributed by atoms with Gasteiger partial charge in [0, 0.05) is 8.07 Å². The normalized spacial score (nSPS) is 16.6. The van der Waals surface area contributed by atoms with Crippen molar-refractivity contribution in [3.8, 4) is 0 Å². The molecular weight excluding hydrogens is 200 g/mol. The molecule has 0 aliphatic carbocycles. The smallest absolute Gasteiger partial charge is 0.0569 e. The molecule has 0 radical (unpaired) electrons. The summed E-state index contributed by atoms with van der Waals surface area (Å²) in [6.45, 7) is 23.7. The zero-order valence-corrected chi connectivity index (χ0v) is 13.4. The second-order valence-electron chi connectivity index (χ2n) is 7.05. The van der Waals surface area contributed by atoms with Crippen molar-refractivity contribution >= 4 is 16.1 Å². The zero-order chi connectivity index (χ0) is 11.8. The number of allylic oxidation sites excluding steroid dienone is 1. The summed E-state index contributed by atoms with van der Waals surface area (Å²) in [5, 5.41) is 1.29. The van der Waals surface area contributed by atoms with Crippen LogP contribution in [0.1, 0.15) is 20.8 Å². The lowest BCUT2D eigenvalue weighted by atomic mass is 10.2. The van der Waals surface area contributed by atoms with Gasteiger partial charge in [-0.2, -0.15) is 0 Å². The number of hydrogen-bond acceptors (Lipinski definition) is 0. The van der Waals surface area contributed by atoms with Crippen LogP contribution in [0, 0.1) is 0 Å². The van der Waals surface area contributed by atoms with Gasteiger partial charge in [-0.15, -0.1) is 6.58 Å². The molecule has 0 aromatic heterocycles. The lowest BCUT2D eigenvalue weighted by Gasteiger charge is -2.47. The van der Waals surface area contributed by atoms with Crippen LogP contribution in [0.4, 0.5) is 0 Å². The van der Waals surface area contributed by atoms with Crippen molar-refractivity contribution in [2.24, 2.45) is 0 Å². The molecule has 84 valence electrons. The van der Waals surface area contributed by atoms with Gasteiger partial charge in [-0.3, -0.25) is 0 Å². The van der Waals surface area contributed by atoms with Crippen LogP contribution >= 0.6 is 0 Å². The third-order valence-electron chi connectivity index (χ3n) is 3.88. The third-order valence-corrected chi connectivity index (χ3v) is 16.4. The molecule has 0 nitrogen and oxygen atoms in total.